The first kappa shape index (κ1) is 16.7. The van der Waals surface area contributed by atoms with Crippen molar-refractivity contribution in [2.75, 3.05) is 13.2 Å². The van der Waals surface area contributed by atoms with Gasteiger partial charge in [0.05, 0.1) is 14.9 Å². The fourth-order valence-electron chi connectivity index (χ4n) is 2.15. The van der Waals surface area contributed by atoms with Crippen LogP contribution in [0.15, 0.2) is 17.8 Å². The molecule has 1 saturated heterocycles. The largest absolute Gasteiger partial charge is 0.381 e. The number of rotatable bonds is 3. The number of ether oxygens (including phenoxy) is 1. The topological polar surface area (TPSA) is 52.1 Å². The normalized spacial score (nSPS) is 19.3. The average molecular weight is 351 g/mol. The van der Waals surface area contributed by atoms with E-state index in [0.29, 0.717) is 5.92 Å². The molecule has 0 spiro atoms. The van der Waals surface area contributed by atoms with Crippen molar-refractivity contribution < 1.29 is 9.53 Å². The van der Waals surface area contributed by atoms with Crippen LogP contribution in [0, 0.1) is 0 Å². The van der Waals surface area contributed by atoms with Gasteiger partial charge in [-0.3, -0.25) is 4.79 Å². The lowest BCUT2D eigenvalue weighted by molar-refractivity contribution is 0.112. The number of aromatic nitrogens is 2. The van der Waals surface area contributed by atoms with E-state index in [0.717, 1.165) is 35.3 Å². The predicted octanol–water partition coefficient (Wildman–Crippen LogP) is 4.65. The van der Waals surface area contributed by atoms with E-state index in [1.165, 1.54) is 54.9 Å². The Morgan fingerprint density at radius 2 is 1.74 bits per heavy atom. The summed E-state index contributed by atoms with van der Waals surface area (Å²) in [6.45, 7) is 2.00. The van der Waals surface area contributed by atoms with Crippen LogP contribution in [0.3, 0.4) is 0 Å². The molecule has 0 bridgehead atoms. The van der Waals surface area contributed by atoms with Gasteiger partial charge in [0.25, 0.3) is 0 Å². The Kier molecular flexibility index (Phi) is 6.30. The second kappa shape index (κ2) is 8.66. The molecular weight excluding hydrogens is 328 g/mol. The van der Waals surface area contributed by atoms with Crippen LogP contribution < -0.4 is 0 Å². The maximum atomic E-state index is 10.2. The van der Waals surface area contributed by atoms with Gasteiger partial charge in [0.2, 0.25) is 0 Å². The summed E-state index contributed by atoms with van der Waals surface area (Å²) in [6.07, 6.45) is 12.2. The van der Waals surface area contributed by atoms with Gasteiger partial charge in [-0.05, 0) is 38.5 Å². The average Bonchev–Trinajstić information content (AvgIpc) is 3.41. The Bertz CT molecular complexity index is 578. The van der Waals surface area contributed by atoms with Crippen LogP contribution in [-0.2, 0) is 4.74 Å². The van der Waals surface area contributed by atoms with Gasteiger partial charge in [-0.25, -0.2) is 9.97 Å². The Morgan fingerprint density at radius 3 is 2.17 bits per heavy atom. The molecule has 124 valence electrons. The maximum absolute atomic E-state index is 10.2. The molecule has 2 aromatic rings. The van der Waals surface area contributed by atoms with Gasteiger partial charge in [0.1, 0.15) is 0 Å². The first-order valence-corrected chi connectivity index (χ1v) is 9.94. The summed E-state index contributed by atoms with van der Waals surface area (Å²) < 4.78 is 4.94. The third-order valence-electron chi connectivity index (χ3n) is 3.79. The SMILES string of the molecule is C1CCOC1.O=Cc1cnc(C2CC2)s1.c1csc(C2CC2)n1. The van der Waals surface area contributed by atoms with E-state index >= 15 is 0 Å². The van der Waals surface area contributed by atoms with E-state index in [2.05, 4.69) is 9.97 Å². The number of hydrogen-bond acceptors (Lipinski definition) is 6. The van der Waals surface area contributed by atoms with Gasteiger partial charge < -0.3 is 4.74 Å². The quantitative estimate of drug-likeness (QED) is 0.756. The van der Waals surface area contributed by atoms with Crippen LogP contribution in [0.2, 0.25) is 0 Å². The van der Waals surface area contributed by atoms with E-state index in [1.807, 2.05) is 11.6 Å². The van der Waals surface area contributed by atoms with Gasteiger partial charge in [0, 0.05) is 42.8 Å². The Hall–Kier alpha value is -1.11. The lowest BCUT2D eigenvalue weighted by Crippen LogP contribution is -1.74. The molecule has 23 heavy (non-hydrogen) atoms. The van der Waals surface area contributed by atoms with E-state index in [-0.39, 0.29) is 0 Å². The zero-order chi connectivity index (χ0) is 15.9. The second-order valence-electron chi connectivity index (χ2n) is 5.96. The van der Waals surface area contributed by atoms with Crippen LogP contribution in [0.4, 0.5) is 0 Å². The Morgan fingerprint density at radius 1 is 1.04 bits per heavy atom. The number of carbonyl (C=O) groups is 1. The molecule has 1 aliphatic heterocycles. The standard InChI is InChI=1S/C7H7NOS.C6H7NS.C4H8O/c9-4-6-3-8-7(10-6)5-1-2-5;1-2-5(1)6-7-3-4-8-6;1-2-4-5-3-1/h3-5H,1-2H2;3-5H,1-2H2;1-4H2. The minimum absolute atomic E-state index is 0.679. The summed E-state index contributed by atoms with van der Waals surface area (Å²) in [5.41, 5.74) is 0. The van der Waals surface area contributed by atoms with Crippen molar-refractivity contribution in [3.05, 3.63) is 32.7 Å². The second-order valence-corrected chi connectivity index (χ2v) is 7.98. The van der Waals surface area contributed by atoms with Crippen molar-refractivity contribution in [2.24, 2.45) is 0 Å². The fraction of sp³-hybridized carbons (Fsp3) is 0.588. The molecule has 2 aromatic heterocycles. The highest BCUT2D eigenvalue weighted by atomic mass is 32.1. The smallest absolute Gasteiger partial charge is 0.161 e. The summed E-state index contributed by atoms with van der Waals surface area (Å²) in [7, 11) is 0. The first-order chi connectivity index (χ1) is 11.4. The molecule has 0 unspecified atom stereocenters. The summed E-state index contributed by atoms with van der Waals surface area (Å²) >= 11 is 3.31. The van der Waals surface area contributed by atoms with Crippen molar-refractivity contribution in [2.45, 2.75) is 50.4 Å². The first-order valence-electron chi connectivity index (χ1n) is 8.25. The molecule has 4 nitrogen and oxygen atoms in total. The number of carbonyl (C=O) groups excluding carboxylic acids is 1. The third-order valence-corrected chi connectivity index (χ3v) is 5.81. The monoisotopic (exact) mass is 350 g/mol. The highest BCUT2D eigenvalue weighted by Crippen LogP contribution is 2.41. The van der Waals surface area contributed by atoms with Crippen LogP contribution in [0.5, 0.6) is 0 Å². The Balaban J connectivity index is 0.000000108. The van der Waals surface area contributed by atoms with Gasteiger partial charge in [-0.2, -0.15) is 0 Å². The minimum atomic E-state index is 0.679. The molecule has 0 atom stereocenters. The van der Waals surface area contributed by atoms with E-state index < -0.39 is 0 Å². The molecule has 3 fully saturated rings. The molecule has 3 heterocycles. The molecule has 6 heteroatoms. The van der Waals surface area contributed by atoms with Crippen LogP contribution in [-0.4, -0.2) is 29.5 Å². The summed E-state index contributed by atoms with van der Waals surface area (Å²) in [5, 5.41) is 4.53. The summed E-state index contributed by atoms with van der Waals surface area (Å²) in [4.78, 5) is 19.3. The number of hydrogen-bond donors (Lipinski definition) is 0. The van der Waals surface area contributed by atoms with Crippen molar-refractivity contribution in [3.8, 4) is 0 Å². The highest BCUT2D eigenvalue weighted by molar-refractivity contribution is 7.13. The minimum Gasteiger partial charge on any atom is -0.381 e. The molecule has 5 rings (SSSR count). The Labute approximate surface area is 144 Å². The molecule has 0 N–H and O–H groups in total. The zero-order valence-corrected chi connectivity index (χ0v) is 14.8. The molecule has 0 radical (unpaired) electrons. The number of aldehydes is 1. The third kappa shape index (κ3) is 5.79. The number of thiazole rings is 2. The van der Waals surface area contributed by atoms with Gasteiger partial charge >= 0.3 is 0 Å². The van der Waals surface area contributed by atoms with Gasteiger partial charge in [-0.1, -0.05) is 0 Å². The van der Waals surface area contributed by atoms with Crippen molar-refractivity contribution in [1.29, 1.82) is 0 Å². The van der Waals surface area contributed by atoms with Crippen LogP contribution in [0.1, 0.15) is 70.0 Å². The predicted molar refractivity (Wildman–Crippen MR) is 93.6 cm³/mol. The molecule has 2 saturated carbocycles. The lowest BCUT2D eigenvalue weighted by atomic mass is 10.4. The maximum Gasteiger partial charge on any atom is 0.161 e. The van der Waals surface area contributed by atoms with E-state index in [9.17, 15) is 4.79 Å². The number of nitrogens with zero attached hydrogens (tertiary/aromatic N) is 2. The van der Waals surface area contributed by atoms with E-state index in [4.69, 9.17) is 4.74 Å². The molecule has 0 amide bonds. The molecule has 2 aliphatic carbocycles. The van der Waals surface area contributed by atoms with Crippen molar-refractivity contribution in [3.63, 3.8) is 0 Å². The van der Waals surface area contributed by atoms with Crippen LogP contribution >= 0.6 is 22.7 Å². The molecule has 3 aliphatic rings. The molecule has 0 aromatic carbocycles. The molecular formula is C17H22N2O2S2. The highest BCUT2D eigenvalue weighted by Gasteiger charge is 2.26. The van der Waals surface area contributed by atoms with Crippen molar-refractivity contribution in [1.82, 2.24) is 9.97 Å². The van der Waals surface area contributed by atoms with Crippen LogP contribution in [0.25, 0.3) is 0 Å². The van der Waals surface area contributed by atoms with E-state index in [1.54, 1.807) is 17.5 Å². The van der Waals surface area contributed by atoms with Gasteiger partial charge in [0.15, 0.2) is 6.29 Å². The fourth-order valence-corrected chi connectivity index (χ4v) is 3.86. The van der Waals surface area contributed by atoms with Gasteiger partial charge in [-0.15, -0.1) is 22.7 Å². The zero-order valence-electron chi connectivity index (χ0n) is 13.1. The summed E-state index contributed by atoms with van der Waals surface area (Å²) in [6, 6.07) is 0. The van der Waals surface area contributed by atoms with Crippen molar-refractivity contribution >= 4 is 29.0 Å². The lowest BCUT2D eigenvalue weighted by Gasteiger charge is -1.81. The summed E-state index contributed by atoms with van der Waals surface area (Å²) in [5.74, 6) is 1.52.